The SMILES string of the molecule is NCCc1cn[nH]c1-c1ccc2c(c1)CCCC2. The maximum atomic E-state index is 5.64. The van der Waals surface area contributed by atoms with Crippen LogP contribution >= 0.6 is 0 Å². The molecular weight excluding hydrogens is 222 g/mol. The Morgan fingerprint density at radius 3 is 2.83 bits per heavy atom. The van der Waals surface area contributed by atoms with E-state index in [2.05, 4.69) is 28.4 Å². The second kappa shape index (κ2) is 4.94. The molecule has 3 nitrogen and oxygen atoms in total. The van der Waals surface area contributed by atoms with Crippen molar-refractivity contribution < 1.29 is 0 Å². The fourth-order valence-electron chi connectivity index (χ4n) is 2.80. The number of hydrogen-bond donors (Lipinski definition) is 2. The molecule has 1 aliphatic rings. The second-order valence-electron chi connectivity index (χ2n) is 5.00. The molecule has 18 heavy (non-hydrogen) atoms. The number of aryl methyl sites for hydroxylation is 2. The summed E-state index contributed by atoms with van der Waals surface area (Å²) in [6.07, 6.45) is 7.85. The minimum Gasteiger partial charge on any atom is -0.330 e. The third-order valence-corrected chi connectivity index (χ3v) is 3.77. The summed E-state index contributed by atoms with van der Waals surface area (Å²) in [4.78, 5) is 0. The molecule has 1 aromatic heterocycles. The Bertz CT molecular complexity index is 542. The summed E-state index contributed by atoms with van der Waals surface area (Å²) in [6, 6.07) is 6.80. The molecule has 1 heterocycles. The number of nitrogens with one attached hydrogen (secondary N) is 1. The first-order chi connectivity index (χ1) is 8.88. The van der Waals surface area contributed by atoms with Crippen LogP contribution in [-0.4, -0.2) is 16.7 Å². The van der Waals surface area contributed by atoms with Gasteiger partial charge >= 0.3 is 0 Å². The van der Waals surface area contributed by atoms with Gasteiger partial charge in [0.25, 0.3) is 0 Å². The minimum absolute atomic E-state index is 0.664. The first-order valence-corrected chi connectivity index (χ1v) is 6.73. The average molecular weight is 241 g/mol. The predicted octanol–water partition coefficient (Wildman–Crippen LogP) is 2.46. The highest BCUT2D eigenvalue weighted by Gasteiger charge is 2.12. The lowest BCUT2D eigenvalue weighted by Crippen LogP contribution is -2.04. The molecule has 0 radical (unpaired) electrons. The Balaban J connectivity index is 1.98. The van der Waals surface area contributed by atoms with Gasteiger partial charge in [-0.3, -0.25) is 5.10 Å². The fraction of sp³-hybridized carbons (Fsp3) is 0.400. The van der Waals surface area contributed by atoms with E-state index in [0.717, 1.165) is 12.1 Å². The van der Waals surface area contributed by atoms with E-state index in [-0.39, 0.29) is 0 Å². The molecule has 0 aliphatic heterocycles. The molecule has 0 atom stereocenters. The Hall–Kier alpha value is -1.61. The van der Waals surface area contributed by atoms with Crippen LogP contribution < -0.4 is 5.73 Å². The van der Waals surface area contributed by atoms with Gasteiger partial charge in [-0.05, 0) is 61.4 Å². The van der Waals surface area contributed by atoms with Crippen molar-refractivity contribution in [3.8, 4) is 11.3 Å². The smallest absolute Gasteiger partial charge is 0.0682 e. The highest BCUT2D eigenvalue weighted by atomic mass is 15.1. The van der Waals surface area contributed by atoms with E-state index < -0.39 is 0 Å². The molecule has 0 bridgehead atoms. The van der Waals surface area contributed by atoms with Crippen molar-refractivity contribution in [1.29, 1.82) is 0 Å². The monoisotopic (exact) mass is 241 g/mol. The van der Waals surface area contributed by atoms with Gasteiger partial charge in [0.1, 0.15) is 0 Å². The topological polar surface area (TPSA) is 54.7 Å². The Morgan fingerprint density at radius 2 is 2.00 bits per heavy atom. The normalized spacial score (nSPS) is 14.5. The summed E-state index contributed by atoms with van der Waals surface area (Å²) < 4.78 is 0. The van der Waals surface area contributed by atoms with Crippen molar-refractivity contribution in [2.45, 2.75) is 32.1 Å². The Kier molecular flexibility index (Phi) is 3.15. The summed E-state index contributed by atoms with van der Waals surface area (Å²) in [6.45, 7) is 0.664. The molecule has 0 saturated heterocycles. The molecule has 0 spiro atoms. The van der Waals surface area contributed by atoms with Crippen LogP contribution in [0, 0.1) is 0 Å². The highest BCUT2D eigenvalue weighted by molar-refractivity contribution is 5.64. The van der Waals surface area contributed by atoms with E-state index in [1.807, 2.05) is 6.20 Å². The molecule has 0 unspecified atom stereocenters. The van der Waals surface area contributed by atoms with Crippen LogP contribution in [0.2, 0.25) is 0 Å². The number of H-pyrrole nitrogens is 1. The van der Waals surface area contributed by atoms with Gasteiger partial charge in [-0.15, -0.1) is 0 Å². The van der Waals surface area contributed by atoms with E-state index >= 15 is 0 Å². The first-order valence-electron chi connectivity index (χ1n) is 6.73. The number of rotatable bonds is 3. The molecule has 94 valence electrons. The van der Waals surface area contributed by atoms with E-state index in [1.54, 1.807) is 0 Å². The lowest BCUT2D eigenvalue weighted by Gasteiger charge is -2.16. The summed E-state index contributed by atoms with van der Waals surface area (Å²) in [7, 11) is 0. The summed E-state index contributed by atoms with van der Waals surface area (Å²) >= 11 is 0. The summed E-state index contributed by atoms with van der Waals surface area (Å²) in [5.74, 6) is 0. The molecule has 2 aromatic rings. The Labute approximate surface area is 107 Å². The van der Waals surface area contributed by atoms with Crippen LogP contribution in [0.5, 0.6) is 0 Å². The van der Waals surface area contributed by atoms with E-state index in [4.69, 9.17) is 5.73 Å². The molecule has 1 aromatic carbocycles. The zero-order chi connectivity index (χ0) is 12.4. The van der Waals surface area contributed by atoms with Crippen molar-refractivity contribution in [2.24, 2.45) is 5.73 Å². The van der Waals surface area contributed by atoms with Crippen molar-refractivity contribution in [3.05, 3.63) is 41.1 Å². The standard InChI is InChI=1S/C15H19N3/c16-8-7-14-10-17-18-15(14)13-6-5-11-3-1-2-4-12(11)9-13/h5-6,9-10H,1-4,7-8,16H2,(H,17,18). The molecule has 0 fully saturated rings. The van der Waals surface area contributed by atoms with Crippen LogP contribution in [0.4, 0.5) is 0 Å². The van der Waals surface area contributed by atoms with Gasteiger partial charge in [0.2, 0.25) is 0 Å². The van der Waals surface area contributed by atoms with Gasteiger partial charge in [0, 0.05) is 5.56 Å². The van der Waals surface area contributed by atoms with E-state index in [9.17, 15) is 0 Å². The minimum atomic E-state index is 0.664. The third-order valence-electron chi connectivity index (χ3n) is 3.77. The van der Waals surface area contributed by atoms with E-state index in [1.165, 1.54) is 47.9 Å². The molecule has 0 amide bonds. The lowest BCUT2D eigenvalue weighted by atomic mass is 9.89. The molecule has 3 N–H and O–H groups in total. The number of nitrogens with zero attached hydrogens (tertiary/aromatic N) is 1. The Morgan fingerprint density at radius 1 is 1.17 bits per heavy atom. The average Bonchev–Trinajstić information content (AvgIpc) is 2.87. The van der Waals surface area contributed by atoms with Crippen molar-refractivity contribution in [1.82, 2.24) is 10.2 Å². The first kappa shape index (κ1) is 11.5. The predicted molar refractivity (Wildman–Crippen MR) is 73.4 cm³/mol. The van der Waals surface area contributed by atoms with Crippen molar-refractivity contribution in [3.63, 3.8) is 0 Å². The molecular formula is C15H19N3. The van der Waals surface area contributed by atoms with Crippen molar-refractivity contribution in [2.75, 3.05) is 6.54 Å². The highest BCUT2D eigenvalue weighted by Crippen LogP contribution is 2.28. The summed E-state index contributed by atoms with van der Waals surface area (Å²) in [5.41, 5.74) is 12.3. The number of hydrogen-bond acceptors (Lipinski definition) is 2. The van der Waals surface area contributed by atoms with Gasteiger partial charge in [0.05, 0.1) is 11.9 Å². The second-order valence-corrected chi connectivity index (χ2v) is 5.00. The zero-order valence-corrected chi connectivity index (χ0v) is 10.6. The largest absolute Gasteiger partial charge is 0.330 e. The number of benzene rings is 1. The maximum absolute atomic E-state index is 5.64. The number of fused-ring (bicyclic) bond motifs is 1. The van der Waals surface area contributed by atoms with Gasteiger partial charge < -0.3 is 5.73 Å². The fourth-order valence-corrected chi connectivity index (χ4v) is 2.80. The van der Waals surface area contributed by atoms with Crippen LogP contribution in [0.15, 0.2) is 24.4 Å². The van der Waals surface area contributed by atoms with Gasteiger partial charge in [-0.1, -0.05) is 12.1 Å². The molecule has 1 aliphatic carbocycles. The quantitative estimate of drug-likeness (QED) is 0.867. The number of nitrogens with two attached hydrogens (primary N) is 1. The van der Waals surface area contributed by atoms with Crippen LogP contribution in [0.1, 0.15) is 29.5 Å². The van der Waals surface area contributed by atoms with Crippen LogP contribution in [0.25, 0.3) is 11.3 Å². The van der Waals surface area contributed by atoms with Crippen molar-refractivity contribution >= 4 is 0 Å². The summed E-state index contributed by atoms with van der Waals surface area (Å²) in [5, 5.41) is 7.26. The van der Waals surface area contributed by atoms with Crippen LogP contribution in [-0.2, 0) is 19.3 Å². The van der Waals surface area contributed by atoms with Gasteiger partial charge in [-0.25, -0.2) is 0 Å². The maximum Gasteiger partial charge on any atom is 0.0682 e. The molecule has 0 saturated carbocycles. The third kappa shape index (κ3) is 2.06. The van der Waals surface area contributed by atoms with E-state index in [0.29, 0.717) is 6.54 Å². The van der Waals surface area contributed by atoms with Crippen LogP contribution in [0.3, 0.4) is 0 Å². The number of aromatic nitrogens is 2. The lowest BCUT2D eigenvalue weighted by molar-refractivity contribution is 0.686. The number of aromatic amines is 1. The molecule has 3 heteroatoms. The van der Waals surface area contributed by atoms with Gasteiger partial charge in [-0.2, -0.15) is 5.10 Å². The van der Waals surface area contributed by atoms with Gasteiger partial charge in [0.15, 0.2) is 0 Å². The zero-order valence-electron chi connectivity index (χ0n) is 10.6. The molecule has 3 rings (SSSR count).